The van der Waals surface area contributed by atoms with E-state index < -0.39 is 0 Å². The van der Waals surface area contributed by atoms with E-state index in [0.29, 0.717) is 5.75 Å². The number of allylic oxidation sites excluding steroid dienone is 1. The number of rotatable bonds is 0. The second-order valence-corrected chi connectivity index (χ2v) is 2.93. The van der Waals surface area contributed by atoms with Crippen LogP contribution in [0.4, 0.5) is 0 Å². The van der Waals surface area contributed by atoms with E-state index in [2.05, 4.69) is 6.58 Å². The van der Waals surface area contributed by atoms with Crippen LogP contribution >= 0.6 is 11.8 Å². The Balaban J connectivity index is 2.52. The number of hydrogen-bond donors (Lipinski definition) is 0. The Morgan fingerprint density at radius 1 is 1.62 bits per heavy atom. The molecule has 0 aliphatic carbocycles. The lowest BCUT2D eigenvalue weighted by Crippen LogP contribution is -2.11. The first-order chi connectivity index (χ1) is 3.80. The molecule has 1 nitrogen and oxygen atoms in total. The van der Waals surface area contributed by atoms with E-state index in [1.165, 1.54) is 0 Å². The van der Waals surface area contributed by atoms with Gasteiger partial charge < -0.3 is 0 Å². The van der Waals surface area contributed by atoms with Gasteiger partial charge in [0.1, 0.15) is 0 Å². The predicted octanol–water partition coefficient (Wildman–Crippen LogP) is 1.25. The van der Waals surface area contributed by atoms with Crippen molar-refractivity contribution in [3.63, 3.8) is 0 Å². The van der Waals surface area contributed by atoms with Crippen LogP contribution in [0.1, 0.15) is 6.42 Å². The van der Waals surface area contributed by atoms with Crippen LogP contribution < -0.4 is 0 Å². The van der Waals surface area contributed by atoms with Gasteiger partial charge in [0.25, 0.3) is 0 Å². The van der Waals surface area contributed by atoms with Crippen LogP contribution in [0.15, 0.2) is 12.2 Å². The largest absolute Gasteiger partial charge is 0.294 e. The molecule has 1 heterocycles. The lowest BCUT2D eigenvalue weighted by Gasteiger charge is -2.09. The minimum atomic E-state index is 0.237. The minimum Gasteiger partial charge on any atom is -0.294 e. The molecule has 0 aromatic rings. The fourth-order valence-electron chi connectivity index (χ4n) is 0.602. The molecule has 1 aliphatic heterocycles. The summed E-state index contributed by atoms with van der Waals surface area (Å²) in [5.41, 5.74) is 0.809. The fourth-order valence-corrected chi connectivity index (χ4v) is 1.53. The molecule has 44 valence electrons. The smallest absolute Gasteiger partial charge is 0.168 e. The topological polar surface area (TPSA) is 17.1 Å². The maximum atomic E-state index is 10.7. The maximum Gasteiger partial charge on any atom is 0.168 e. The highest BCUT2D eigenvalue weighted by Gasteiger charge is 2.11. The third-order valence-corrected chi connectivity index (χ3v) is 2.13. The number of carbonyl (C=O) groups excluding carboxylic acids is 1. The summed E-state index contributed by atoms with van der Waals surface area (Å²) in [5.74, 6) is 1.96. The first-order valence-corrected chi connectivity index (χ1v) is 3.75. The predicted molar refractivity (Wildman–Crippen MR) is 36.1 cm³/mol. The molecular weight excluding hydrogens is 120 g/mol. The van der Waals surface area contributed by atoms with Crippen molar-refractivity contribution in [2.24, 2.45) is 0 Å². The molecule has 0 unspecified atom stereocenters. The van der Waals surface area contributed by atoms with Gasteiger partial charge in [0.05, 0.1) is 5.75 Å². The Morgan fingerprint density at radius 2 is 2.38 bits per heavy atom. The summed E-state index contributed by atoms with van der Waals surface area (Å²) in [5, 5.41) is 0. The molecule has 8 heavy (non-hydrogen) atoms. The van der Waals surface area contributed by atoms with Crippen molar-refractivity contribution in [1.29, 1.82) is 0 Å². The maximum absolute atomic E-state index is 10.7. The van der Waals surface area contributed by atoms with Crippen LogP contribution in [0.5, 0.6) is 0 Å². The van der Waals surface area contributed by atoms with Crippen LogP contribution in [-0.4, -0.2) is 17.3 Å². The van der Waals surface area contributed by atoms with Crippen molar-refractivity contribution in [1.82, 2.24) is 0 Å². The third kappa shape index (κ3) is 1.13. The fraction of sp³-hybridized carbons (Fsp3) is 0.500. The van der Waals surface area contributed by atoms with Crippen LogP contribution in [0.3, 0.4) is 0 Å². The Hall–Kier alpha value is -0.240. The molecule has 0 aromatic heterocycles. The molecule has 0 spiro atoms. The number of carbonyl (C=O) groups is 1. The average Bonchev–Trinajstić information content (AvgIpc) is 1.77. The summed E-state index contributed by atoms with van der Waals surface area (Å²) in [4.78, 5) is 10.7. The van der Waals surface area contributed by atoms with E-state index in [9.17, 15) is 4.79 Å². The minimum absolute atomic E-state index is 0.237. The van der Waals surface area contributed by atoms with E-state index in [-0.39, 0.29) is 5.78 Å². The highest BCUT2D eigenvalue weighted by atomic mass is 32.2. The summed E-state index contributed by atoms with van der Waals surface area (Å²) >= 11 is 1.70. The number of hydrogen-bond acceptors (Lipinski definition) is 2. The van der Waals surface area contributed by atoms with Gasteiger partial charge in [-0.1, -0.05) is 6.58 Å². The lowest BCUT2D eigenvalue weighted by molar-refractivity contribution is -0.113. The Labute approximate surface area is 53.2 Å². The molecule has 1 fully saturated rings. The van der Waals surface area contributed by atoms with Crippen molar-refractivity contribution in [3.05, 3.63) is 12.2 Å². The van der Waals surface area contributed by atoms with Crippen molar-refractivity contribution in [3.8, 4) is 0 Å². The van der Waals surface area contributed by atoms with Gasteiger partial charge in [-0.15, -0.1) is 0 Å². The number of thioether (sulfide) groups is 1. The molecule has 1 rings (SSSR count). The monoisotopic (exact) mass is 128 g/mol. The van der Waals surface area contributed by atoms with Crippen molar-refractivity contribution in [2.45, 2.75) is 6.42 Å². The Morgan fingerprint density at radius 3 is 2.75 bits per heavy atom. The van der Waals surface area contributed by atoms with E-state index in [1.54, 1.807) is 11.8 Å². The quantitative estimate of drug-likeness (QED) is 0.457. The zero-order valence-electron chi connectivity index (χ0n) is 4.64. The molecule has 0 aromatic carbocycles. The normalized spacial score (nSPS) is 21.5. The van der Waals surface area contributed by atoms with Gasteiger partial charge >= 0.3 is 0 Å². The second-order valence-electron chi connectivity index (χ2n) is 1.83. The standard InChI is InChI=1S/C6H8OS/c1-5-2-3-8-4-6(5)7/h1-4H2. The van der Waals surface area contributed by atoms with Crippen LogP contribution in [0, 0.1) is 0 Å². The first kappa shape index (κ1) is 5.89. The van der Waals surface area contributed by atoms with Gasteiger partial charge in [-0.05, 0) is 17.7 Å². The summed E-state index contributed by atoms with van der Waals surface area (Å²) in [7, 11) is 0. The van der Waals surface area contributed by atoms with E-state index in [4.69, 9.17) is 0 Å². The zero-order valence-corrected chi connectivity index (χ0v) is 5.46. The lowest BCUT2D eigenvalue weighted by atomic mass is 10.1. The van der Waals surface area contributed by atoms with Crippen molar-refractivity contribution in [2.75, 3.05) is 11.5 Å². The van der Waals surface area contributed by atoms with E-state index in [0.717, 1.165) is 17.7 Å². The van der Waals surface area contributed by atoms with Gasteiger partial charge in [-0.2, -0.15) is 11.8 Å². The van der Waals surface area contributed by atoms with Crippen molar-refractivity contribution < 1.29 is 4.79 Å². The van der Waals surface area contributed by atoms with Crippen LogP contribution in [0.25, 0.3) is 0 Å². The molecule has 0 N–H and O–H groups in total. The molecule has 0 radical (unpaired) electrons. The molecule has 1 aliphatic rings. The Kier molecular flexibility index (Phi) is 1.73. The highest BCUT2D eigenvalue weighted by molar-refractivity contribution is 8.00. The van der Waals surface area contributed by atoms with Gasteiger partial charge in [0.2, 0.25) is 0 Å². The highest BCUT2D eigenvalue weighted by Crippen LogP contribution is 2.16. The first-order valence-electron chi connectivity index (χ1n) is 2.59. The van der Waals surface area contributed by atoms with Crippen molar-refractivity contribution >= 4 is 17.5 Å². The number of Topliss-reactive ketones (excluding diaryl/α,β-unsaturated/α-hetero) is 1. The molecule has 0 bridgehead atoms. The molecule has 0 amide bonds. The molecule has 0 atom stereocenters. The molecule has 0 saturated carbocycles. The van der Waals surface area contributed by atoms with Gasteiger partial charge in [0.15, 0.2) is 5.78 Å². The third-order valence-electron chi connectivity index (χ3n) is 1.18. The molecule has 2 heteroatoms. The van der Waals surface area contributed by atoms with Gasteiger partial charge in [-0.3, -0.25) is 4.79 Å². The zero-order chi connectivity index (χ0) is 5.98. The van der Waals surface area contributed by atoms with E-state index in [1.807, 2.05) is 0 Å². The molecule has 1 saturated heterocycles. The van der Waals surface area contributed by atoms with Gasteiger partial charge in [0, 0.05) is 0 Å². The Bertz CT molecular complexity index is 112. The van der Waals surface area contributed by atoms with E-state index >= 15 is 0 Å². The summed E-state index contributed by atoms with van der Waals surface area (Å²) in [6.45, 7) is 3.63. The van der Waals surface area contributed by atoms with Gasteiger partial charge in [-0.25, -0.2) is 0 Å². The number of ketones is 1. The average molecular weight is 128 g/mol. The second kappa shape index (κ2) is 2.35. The summed E-state index contributed by atoms with van der Waals surface area (Å²) in [6.07, 6.45) is 0.892. The van der Waals surface area contributed by atoms with Crippen LogP contribution in [-0.2, 0) is 4.79 Å². The summed E-state index contributed by atoms with van der Waals surface area (Å²) < 4.78 is 0. The molecular formula is C6H8OS. The SMILES string of the molecule is C=C1CCSCC1=O. The summed E-state index contributed by atoms with van der Waals surface area (Å²) in [6, 6.07) is 0. The van der Waals surface area contributed by atoms with Crippen LogP contribution in [0.2, 0.25) is 0 Å².